The van der Waals surface area contributed by atoms with Gasteiger partial charge in [0, 0.05) is 12.1 Å². The van der Waals surface area contributed by atoms with Crippen molar-refractivity contribution < 1.29 is 4.79 Å². The number of benzene rings is 2. The molecule has 4 nitrogen and oxygen atoms in total. The number of aryl methyl sites for hydroxylation is 1. The normalized spacial score (nSPS) is 10.5. The maximum atomic E-state index is 12.2. The second-order valence-electron chi connectivity index (χ2n) is 5.32. The van der Waals surface area contributed by atoms with Crippen molar-refractivity contribution in [3.05, 3.63) is 76.4 Å². The molecule has 0 spiro atoms. The van der Waals surface area contributed by atoms with E-state index in [2.05, 4.69) is 15.5 Å². The lowest BCUT2D eigenvalue weighted by molar-refractivity contribution is 0.0946. The predicted octanol–water partition coefficient (Wildman–Crippen LogP) is 3.97. The summed E-state index contributed by atoms with van der Waals surface area (Å²) in [7, 11) is 0. The molecule has 23 heavy (non-hydrogen) atoms. The van der Waals surface area contributed by atoms with Gasteiger partial charge >= 0.3 is 0 Å². The molecule has 1 aromatic heterocycles. The highest BCUT2D eigenvalue weighted by atomic mass is 35.5. The first kappa shape index (κ1) is 15.3. The van der Waals surface area contributed by atoms with Gasteiger partial charge in [0.15, 0.2) is 0 Å². The van der Waals surface area contributed by atoms with E-state index in [-0.39, 0.29) is 5.91 Å². The van der Waals surface area contributed by atoms with E-state index in [1.807, 2.05) is 49.4 Å². The molecule has 0 aliphatic rings. The molecule has 0 atom stereocenters. The summed E-state index contributed by atoms with van der Waals surface area (Å²) in [6, 6.07) is 17.1. The molecule has 2 aromatic carbocycles. The monoisotopic (exact) mass is 325 g/mol. The van der Waals surface area contributed by atoms with Crippen LogP contribution in [0.25, 0.3) is 11.3 Å². The Bertz CT molecular complexity index is 842. The van der Waals surface area contributed by atoms with Crippen molar-refractivity contribution in [1.82, 2.24) is 15.5 Å². The Kier molecular flexibility index (Phi) is 4.44. The molecule has 1 amide bonds. The van der Waals surface area contributed by atoms with Gasteiger partial charge in [0.2, 0.25) is 0 Å². The van der Waals surface area contributed by atoms with Crippen LogP contribution in [0.3, 0.4) is 0 Å². The average Bonchev–Trinajstić information content (AvgIpc) is 3.03. The van der Waals surface area contributed by atoms with E-state index in [1.54, 1.807) is 12.1 Å². The number of aromatic nitrogens is 2. The van der Waals surface area contributed by atoms with Gasteiger partial charge in [-0.3, -0.25) is 9.89 Å². The Labute approximate surface area is 139 Å². The van der Waals surface area contributed by atoms with E-state index in [0.717, 1.165) is 11.1 Å². The van der Waals surface area contributed by atoms with Crippen molar-refractivity contribution in [2.45, 2.75) is 13.5 Å². The minimum Gasteiger partial charge on any atom is -0.347 e. The third kappa shape index (κ3) is 3.60. The van der Waals surface area contributed by atoms with Gasteiger partial charge in [-0.25, -0.2) is 0 Å². The van der Waals surface area contributed by atoms with Crippen LogP contribution in [0.1, 0.15) is 21.6 Å². The quantitative estimate of drug-likeness (QED) is 0.762. The molecule has 0 saturated carbocycles. The fourth-order valence-corrected chi connectivity index (χ4v) is 2.58. The molecule has 0 aliphatic heterocycles. The lowest BCUT2D eigenvalue weighted by Gasteiger charge is -2.04. The molecule has 1 heterocycles. The van der Waals surface area contributed by atoms with Crippen LogP contribution in [0, 0.1) is 6.92 Å². The summed E-state index contributed by atoms with van der Waals surface area (Å²) in [4.78, 5) is 12.2. The Morgan fingerprint density at radius 2 is 2.00 bits per heavy atom. The van der Waals surface area contributed by atoms with Gasteiger partial charge in [-0.1, -0.05) is 59.6 Å². The lowest BCUT2D eigenvalue weighted by atomic mass is 10.1. The fraction of sp³-hybridized carbons (Fsp3) is 0.111. The predicted molar refractivity (Wildman–Crippen MR) is 91.4 cm³/mol. The molecule has 3 rings (SSSR count). The molecular formula is C18H16ClN3O. The molecule has 0 bridgehead atoms. The third-order valence-corrected chi connectivity index (χ3v) is 3.84. The highest BCUT2D eigenvalue weighted by Gasteiger charge is 2.12. The fourth-order valence-electron chi connectivity index (χ4n) is 2.34. The zero-order chi connectivity index (χ0) is 16.2. The number of amides is 1. The van der Waals surface area contributed by atoms with Gasteiger partial charge in [0.25, 0.3) is 5.91 Å². The number of nitrogens with zero attached hydrogens (tertiary/aromatic N) is 1. The Balaban J connectivity index is 1.70. The van der Waals surface area contributed by atoms with E-state index in [9.17, 15) is 4.79 Å². The van der Waals surface area contributed by atoms with Gasteiger partial charge < -0.3 is 5.32 Å². The molecule has 0 saturated heterocycles. The summed E-state index contributed by atoms with van der Waals surface area (Å²) < 4.78 is 0. The van der Waals surface area contributed by atoms with Gasteiger partial charge in [-0.2, -0.15) is 5.10 Å². The van der Waals surface area contributed by atoms with E-state index in [4.69, 9.17) is 11.6 Å². The van der Waals surface area contributed by atoms with Crippen LogP contribution < -0.4 is 5.32 Å². The largest absolute Gasteiger partial charge is 0.347 e. The van der Waals surface area contributed by atoms with Gasteiger partial charge in [-0.15, -0.1) is 0 Å². The number of carbonyl (C=O) groups excluding carboxylic acids is 1. The first-order valence-corrected chi connectivity index (χ1v) is 7.65. The van der Waals surface area contributed by atoms with Gasteiger partial charge in [0.05, 0.1) is 10.7 Å². The molecule has 0 fully saturated rings. The van der Waals surface area contributed by atoms with Crippen molar-refractivity contribution in [2.75, 3.05) is 0 Å². The summed E-state index contributed by atoms with van der Waals surface area (Å²) in [6.45, 7) is 2.50. The summed E-state index contributed by atoms with van der Waals surface area (Å²) in [6.07, 6.45) is 0. The lowest BCUT2D eigenvalue weighted by Crippen LogP contribution is -2.23. The maximum absolute atomic E-state index is 12.2. The van der Waals surface area contributed by atoms with Crippen LogP contribution >= 0.6 is 11.6 Å². The van der Waals surface area contributed by atoms with Crippen LogP contribution in [0.2, 0.25) is 5.02 Å². The first-order valence-electron chi connectivity index (χ1n) is 7.27. The zero-order valence-corrected chi connectivity index (χ0v) is 13.4. The van der Waals surface area contributed by atoms with Crippen LogP contribution in [-0.2, 0) is 6.54 Å². The van der Waals surface area contributed by atoms with E-state index < -0.39 is 0 Å². The maximum Gasteiger partial charge on any atom is 0.269 e. The number of carbonyl (C=O) groups is 1. The van der Waals surface area contributed by atoms with Crippen molar-refractivity contribution in [3.8, 4) is 11.3 Å². The standard InChI is InChI=1S/C18H16ClN3O/c1-12-5-4-6-13(9-12)11-20-18(23)17-10-16(21-22-17)14-7-2-3-8-15(14)19/h2-10H,11H2,1H3,(H,20,23)(H,21,22). The van der Waals surface area contributed by atoms with Crippen molar-refractivity contribution in [3.63, 3.8) is 0 Å². The second-order valence-corrected chi connectivity index (χ2v) is 5.73. The van der Waals surface area contributed by atoms with Crippen LogP contribution in [-0.4, -0.2) is 16.1 Å². The number of hydrogen-bond donors (Lipinski definition) is 2. The SMILES string of the molecule is Cc1cccc(CNC(=O)c2cc(-c3ccccc3Cl)n[nH]2)c1. The smallest absolute Gasteiger partial charge is 0.269 e. The molecular weight excluding hydrogens is 310 g/mol. The van der Waals surface area contributed by atoms with Crippen LogP contribution in [0.5, 0.6) is 0 Å². The van der Waals surface area contributed by atoms with Gasteiger partial charge in [-0.05, 0) is 24.6 Å². The highest BCUT2D eigenvalue weighted by Crippen LogP contribution is 2.26. The molecule has 5 heteroatoms. The summed E-state index contributed by atoms with van der Waals surface area (Å²) in [5.41, 5.74) is 4.08. The zero-order valence-electron chi connectivity index (χ0n) is 12.6. The third-order valence-electron chi connectivity index (χ3n) is 3.51. The number of nitrogens with one attached hydrogen (secondary N) is 2. The molecule has 3 aromatic rings. The molecule has 0 radical (unpaired) electrons. The molecule has 116 valence electrons. The van der Waals surface area contributed by atoms with E-state index >= 15 is 0 Å². The first-order chi connectivity index (χ1) is 11.1. The number of aromatic amines is 1. The van der Waals surface area contributed by atoms with Crippen LogP contribution in [0.4, 0.5) is 0 Å². The Hall–Kier alpha value is -2.59. The molecule has 0 aliphatic carbocycles. The highest BCUT2D eigenvalue weighted by molar-refractivity contribution is 6.33. The Morgan fingerprint density at radius 3 is 2.78 bits per heavy atom. The average molecular weight is 326 g/mol. The topological polar surface area (TPSA) is 57.8 Å². The number of halogens is 1. The van der Waals surface area contributed by atoms with Crippen molar-refractivity contribution >= 4 is 17.5 Å². The number of H-pyrrole nitrogens is 1. The molecule has 0 unspecified atom stereocenters. The van der Waals surface area contributed by atoms with Gasteiger partial charge in [0.1, 0.15) is 5.69 Å². The summed E-state index contributed by atoms with van der Waals surface area (Å²) in [5, 5.41) is 10.4. The number of rotatable bonds is 4. The molecule has 2 N–H and O–H groups in total. The van der Waals surface area contributed by atoms with E-state index in [1.165, 1.54) is 5.56 Å². The van der Waals surface area contributed by atoms with E-state index in [0.29, 0.717) is 23.0 Å². The van der Waals surface area contributed by atoms with Crippen molar-refractivity contribution in [2.24, 2.45) is 0 Å². The Morgan fingerprint density at radius 1 is 1.17 bits per heavy atom. The second kappa shape index (κ2) is 6.67. The summed E-state index contributed by atoms with van der Waals surface area (Å²) >= 11 is 6.15. The number of hydrogen-bond acceptors (Lipinski definition) is 2. The minimum atomic E-state index is -0.197. The summed E-state index contributed by atoms with van der Waals surface area (Å²) in [5.74, 6) is -0.197. The van der Waals surface area contributed by atoms with Crippen molar-refractivity contribution in [1.29, 1.82) is 0 Å². The van der Waals surface area contributed by atoms with Crippen LogP contribution in [0.15, 0.2) is 54.6 Å². The minimum absolute atomic E-state index is 0.197.